The van der Waals surface area contributed by atoms with E-state index in [9.17, 15) is 0 Å². The van der Waals surface area contributed by atoms with Gasteiger partial charge in [0.15, 0.2) is 0 Å². The van der Waals surface area contributed by atoms with Crippen LogP contribution in [0.25, 0.3) is 0 Å². The van der Waals surface area contributed by atoms with Crippen LogP contribution < -0.4 is 0 Å². The molecule has 1 nitrogen and oxygen atoms in total. The molecule has 0 aromatic rings. The van der Waals surface area contributed by atoms with Gasteiger partial charge in [0.2, 0.25) is 0 Å². The molecule has 29 heavy (non-hydrogen) atoms. The third-order valence-corrected chi connectivity index (χ3v) is 8.27. The quantitative estimate of drug-likeness (QED) is 0.205. The number of likely N-dealkylation sites (tertiary alicyclic amines) is 1. The Morgan fingerprint density at radius 2 is 1.17 bits per heavy atom. The number of piperidine rings is 1. The number of nitrogens with zero attached hydrogens (tertiary/aromatic N) is 1. The summed E-state index contributed by atoms with van der Waals surface area (Å²) in [5, 5.41) is 0. The minimum absolute atomic E-state index is 0.825. The first-order chi connectivity index (χ1) is 14.2. The molecular formula is C28H55N. The Morgan fingerprint density at radius 1 is 0.655 bits per heavy atom. The number of rotatable bonds is 18. The van der Waals surface area contributed by atoms with Crippen molar-refractivity contribution in [1.82, 2.24) is 4.90 Å². The van der Waals surface area contributed by atoms with Crippen LogP contribution in [0.15, 0.2) is 0 Å². The van der Waals surface area contributed by atoms with Crippen molar-refractivity contribution in [3.63, 3.8) is 0 Å². The maximum Gasteiger partial charge on any atom is 0.0158 e. The summed E-state index contributed by atoms with van der Waals surface area (Å²) in [5.74, 6) is 2.02. The molecule has 1 heteroatoms. The molecule has 0 spiro atoms. The predicted molar refractivity (Wildman–Crippen MR) is 131 cm³/mol. The molecule has 4 unspecified atom stereocenters. The SMILES string of the molecule is CCCCCCCC(C)N1C2CCC(C2)C1C(CCCCCC)CCCCCC. The Kier molecular flexibility index (Phi) is 12.9. The van der Waals surface area contributed by atoms with E-state index in [2.05, 4.69) is 32.6 Å². The minimum atomic E-state index is 0.825. The molecule has 0 aromatic carbocycles. The van der Waals surface area contributed by atoms with E-state index in [1.165, 1.54) is 122 Å². The van der Waals surface area contributed by atoms with Gasteiger partial charge in [0.05, 0.1) is 0 Å². The van der Waals surface area contributed by atoms with Gasteiger partial charge in [-0.2, -0.15) is 0 Å². The second-order valence-corrected chi connectivity index (χ2v) is 10.7. The zero-order valence-electron chi connectivity index (χ0n) is 20.8. The molecule has 1 aliphatic heterocycles. The maximum absolute atomic E-state index is 3.10. The van der Waals surface area contributed by atoms with Crippen LogP contribution in [0.4, 0.5) is 0 Å². The average molecular weight is 406 g/mol. The van der Waals surface area contributed by atoms with E-state index < -0.39 is 0 Å². The second kappa shape index (κ2) is 14.9. The molecule has 2 bridgehead atoms. The van der Waals surface area contributed by atoms with Gasteiger partial charge in [-0.15, -0.1) is 0 Å². The molecule has 0 N–H and O–H groups in total. The molecule has 1 aliphatic carbocycles. The first kappa shape index (κ1) is 25.2. The molecular weight excluding hydrogens is 350 g/mol. The van der Waals surface area contributed by atoms with Gasteiger partial charge < -0.3 is 0 Å². The summed E-state index contributed by atoms with van der Waals surface area (Å²) in [6.07, 6.45) is 27.7. The fourth-order valence-corrected chi connectivity index (χ4v) is 6.69. The summed E-state index contributed by atoms with van der Waals surface area (Å²) < 4.78 is 0. The van der Waals surface area contributed by atoms with E-state index in [1.54, 1.807) is 0 Å². The van der Waals surface area contributed by atoms with Crippen molar-refractivity contribution < 1.29 is 0 Å². The monoisotopic (exact) mass is 405 g/mol. The van der Waals surface area contributed by atoms with Crippen LogP contribution in [0.5, 0.6) is 0 Å². The highest BCUT2D eigenvalue weighted by Crippen LogP contribution is 2.48. The molecule has 2 rings (SSSR count). The van der Waals surface area contributed by atoms with Crippen LogP contribution in [0.2, 0.25) is 0 Å². The highest BCUT2D eigenvalue weighted by molar-refractivity contribution is 5.03. The lowest BCUT2D eigenvalue weighted by molar-refractivity contribution is 0.0438. The van der Waals surface area contributed by atoms with Gasteiger partial charge in [0, 0.05) is 18.1 Å². The summed E-state index contributed by atoms with van der Waals surface area (Å²) in [6, 6.07) is 2.69. The summed E-state index contributed by atoms with van der Waals surface area (Å²) in [5.41, 5.74) is 0. The zero-order chi connectivity index (χ0) is 20.9. The highest BCUT2D eigenvalue weighted by atomic mass is 15.3. The van der Waals surface area contributed by atoms with Crippen molar-refractivity contribution in [2.75, 3.05) is 0 Å². The standard InChI is InChI=1S/C28H55N/c1-5-8-11-14-15-18-24(4)29-27-22-21-26(23-27)28(29)25(19-16-12-9-6-2)20-17-13-10-7-3/h24-28H,5-23H2,1-4H3. The molecule has 172 valence electrons. The van der Waals surface area contributed by atoms with Crippen molar-refractivity contribution in [2.24, 2.45) is 11.8 Å². The molecule has 1 saturated carbocycles. The van der Waals surface area contributed by atoms with Crippen LogP contribution in [0.1, 0.15) is 150 Å². The Morgan fingerprint density at radius 3 is 1.76 bits per heavy atom. The van der Waals surface area contributed by atoms with E-state index in [1.807, 2.05) is 0 Å². The van der Waals surface area contributed by atoms with Crippen LogP contribution in [-0.2, 0) is 0 Å². The van der Waals surface area contributed by atoms with E-state index >= 15 is 0 Å². The third kappa shape index (κ3) is 8.19. The van der Waals surface area contributed by atoms with Gasteiger partial charge in [0.1, 0.15) is 0 Å². The lowest BCUT2D eigenvalue weighted by atomic mass is 9.80. The number of hydrogen-bond acceptors (Lipinski definition) is 1. The topological polar surface area (TPSA) is 3.24 Å². The Bertz CT molecular complexity index is 380. The molecule has 0 radical (unpaired) electrons. The molecule has 4 atom stereocenters. The Balaban J connectivity index is 1.92. The molecule has 1 saturated heterocycles. The maximum atomic E-state index is 3.10. The highest BCUT2D eigenvalue weighted by Gasteiger charge is 2.49. The summed E-state index contributed by atoms with van der Waals surface area (Å²) in [4.78, 5) is 3.10. The fourth-order valence-electron chi connectivity index (χ4n) is 6.69. The lowest BCUT2D eigenvalue weighted by Gasteiger charge is -2.44. The number of fused-ring (bicyclic) bond motifs is 2. The average Bonchev–Trinajstić information content (AvgIpc) is 3.34. The van der Waals surface area contributed by atoms with Gasteiger partial charge in [-0.1, -0.05) is 104 Å². The molecule has 0 amide bonds. The van der Waals surface area contributed by atoms with E-state index in [4.69, 9.17) is 0 Å². The molecule has 1 heterocycles. The van der Waals surface area contributed by atoms with Crippen molar-refractivity contribution in [1.29, 1.82) is 0 Å². The zero-order valence-corrected chi connectivity index (χ0v) is 20.8. The summed E-state index contributed by atoms with van der Waals surface area (Å²) in [6.45, 7) is 9.61. The smallest absolute Gasteiger partial charge is 0.0158 e. The normalized spacial score (nSPS) is 25.3. The van der Waals surface area contributed by atoms with Gasteiger partial charge in [-0.25, -0.2) is 0 Å². The second-order valence-electron chi connectivity index (χ2n) is 10.7. The third-order valence-electron chi connectivity index (χ3n) is 8.27. The van der Waals surface area contributed by atoms with Crippen molar-refractivity contribution >= 4 is 0 Å². The van der Waals surface area contributed by atoms with Gasteiger partial charge in [-0.3, -0.25) is 4.90 Å². The first-order valence-electron chi connectivity index (χ1n) is 14.0. The van der Waals surface area contributed by atoms with Gasteiger partial charge in [0.25, 0.3) is 0 Å². The van der Waals surface area contributed by atoms with Crippen LogP contribution in [0.3, 0.4) is 0 Å². The Labute approximate surface area is 184 Å². The summed E-state index contributed by atoms with van der Waals surface area (Å²) >= 11 is 0. The largest absolute Gasteiger partial charge is 0.294 e. The fraction of sp³-hybridized carbons (Fsp3) is 1.00. The van der Waals surface area contributed by atoms with Crippen LogP contribution in [0, 0.1) is 11.8 Å². The van der Waals surface area contributed by atoms with E-state index in [0.717, 1.165) is 30.0 Å². The minimum Gasteiger partial charge on any atom is -0.294 e. The molecule has 2 aliphatic rings. The summed E-state index contributed by atoms with van der Waals surface area (Å²) in [7, 11) is 0. The Hall–Kier alpha value is -0.0400. The van der Waals surface area contributed by atoms with Crippen molar-refractivity contribution in [2.45, 2.75) is 168 Å². The number of unbranched alkanes of at least 4 members (excludes halogenated alkanes) is 10. The molecule has 0 aromatic heterocycles. The van der Waals surface area contributed by atoms with Gasteiger partial charge >= 0.3 is 0 Å². The predicted octanol–water partition coefficient (Wildman–Crippen LogP) is 9.15. The molecule has 2 fully saturated rings. The number of hydrogen-bond donors (Lipinski definition) is 0. The van der Waals surface area contributed by atoms with Crippen molar-refractivity contribution in [3.05, 3.63) is 0 Å². The van der Waals surface area contributed by atoms with Crippen molar-refractivity contribution in [3.8, 4) is 0 Å². The first-order valence-corrected chi connectivity index (χ1v) is 14.0. The lowest BCUT2D eigenvalue weighted by Crippen LogP contribution is -2.49. The van der Waals surface area contributed by atoms with E-state index in [-0.39, 0.29) is 0 Å². The van der Waals surface area contributed by atoms with E-state index in [0.29, 0.717) is 0 Å². The van der Waals surface area contributed by atoms with Crippen LogP contribution >= 0.6 is 0 Å². The van der Waals surface area contributed by atoms with Crippen LogP contribution in [-0.4, -0.2) is 23.0 Å². The van der Waals surface area contributed by atoms with Gasteiger partial charge in [-0.05, 0) is 57.3 Å².